The van der Waals surface area contributed by atoms with Gasteiger partial charge in [0.1, 0.15) is 23.0 Å². The predicted octanol–water partition coefficient (Wildman–Crippen LogP) is 6.09. The van der Waals surface area contributed by atoms with Crippen LogP contribution in [-0.4, -0.2) is 44.3 Å². The maximum atomic E-state index is 14.1. The Kier molecular flexibility index (Phi) is 6.95. The van der Waals surface area contributed by atoms with E-state index >= 15 is 0 Å². The number of ketones is 1. The molecule has 0 saturated carbocycles. The minimum Gasteiger partial charge on any atom is -0.457 e. The van der Waals surface area contributed by atoms with Crippen molar-refractivity contribution in [3.8, 4) is 11.5 Å². The summed E-state index contributed by atoms with van der Waals surface area (Å²) < 4.78 is 22.0. The summed E-state index contributed by atoms with van der Waals surface area (Å²) in [5, 5.41) is 3.04. The number of carbonyl (C=O) groups is 1. The fourth-order valence-corrected chi connectivity index (χ4v) is 4.87. The molecule has 8 heteroatoms. The van der Waals surface area contributed by atoms with Crippen LogP contribution in [0.1, 0.15) is 43.1 Å². The van der Waals surface area contributed by atoms with Gasteiger partial charge in [-0.1, -0.05) is 19.1 Å². The highest BCUT2D eigenvalue weighted by molar-refractivity contribution is 5.94. The number of imidazole rings is 1. The van der Waals surface area contributed by atoms with E-state index in [0.717, 1.165) is 31.4 Å². The highest BCUT2D eigenvalue weighted by Crippen LogP contribution is 2.29. The first-order chi connectivity index (χ1) is 17.5. The van der Waals surface area contributed by atoms with Crippen molar-refractivity contribution in [3.63, 3.8) is 0 Å². The molecule has 1 aliphatic rings. The average Bonchev–Trinajstić information content (AvgIpc) is 3.47. The summed E-state index contributed by atoms with van der Waals surface area (Å²) in [7, 11) is 1.87. The molecule has 0 aliphatic carbocycles. The monoisotopic (exact) mass is 487 g/mol. The van der Waals surface area contributed by atoms with E-state index in [1.165, 1.54) is 12.5 Å². The van der Waals surface area contributed by atoms with Crippen molar-refractivity contribution >= 4 is 28.5 Å². The zero-order chi connectivity index (χ0) is 25.1. The number of carbonyl (C=O) groups excluding carboxylic acids is 1. The van der Waals surface area contributed by atoms with E-state index in [1.807, 2.05) is 29.8 Å². The van der Waals surface area contributed by atoms with Gasteiger partial charge in [-0.15, -0.1) is 0 Å². The molecule has 1 N–H and O–H groups in total. The molecule has 0 bridgehead atoms. The second-order valence-corrected chi connectivity index (χ2v) is 9.12. The lowest BCUT2D eigenvalue weighted by Gasteiger charge is -2.22. The summed E-state index contributed by atoms with van der Waals surface area (Å²) in [6.45, 7) is 4.32. The molecule has 4 aromatic rings. The molecule has 2 aromatic carbocycles. The topological polar surface area (TPSA) is 72.3 Å². The molecule has 1 aliphatic heterocycles. The first-order valence-corrected chi connectivity index (χ1v) is 12.4. The van der Waals surface area contributed by atoms with Gasteiger partial charge in [0.05, 0.1) is 16.7 Å². The van der Waals surface area contributed by atoms with Gasteiger partial charge >= 0.3 is 0 Å². The minimum atomic E-state index is -0.345. The molecule has 2 aromatic heterocycles. The number of benzene rings is 2. The summed E-state index contributed by atoms with van der Waals surface area (Å²) >= 11 is 0. The third kappa shape index (κ3) is 5.09. The fraction of sp³-hybridized carbons (Fsp3) is 0.321. The van der Waals surface area contributed by atoms with Crippen LogP contribution in [0, 0.1) is 5.82 Å². The number of nitrogens with zero attached hydrogens (tertiary/aromatic N) is 4. The van der Waals surface area contributed by atoms with Crippen LogP contribution >= 0.6 is 0 Å². The number of halogens is 1. The number of aromatic nitrogens is 3. The van der Waals surface area contributed by atoms with Gasteiger partial charge in [-0.2, -0.15) is 0 Å². The Hall–Kier alpha value is -3.78. The Morgan fingerprint density at radius 1 is 1.17 bits per heavy atom. The molecule has 3 heterocycles. The molecule has 186 valence electrons. The van der Waals surface area contributed by atoms with Gasteiger partial charge in [-0.05, 0) is 62.7 Å². The number of Topliss-reactive ketones (excluding diaryl/α,β-unsaturated/α-hetero) is 1. The SMILES string of the molecule is CCN1CCCC1CCC(=O)c1cc(Oc2ccc3c(c2)nc(Nc2ccccc2F)n3C)ccn1. The minimum absolute atomic E-state index is 0.0347. The molecule has 7 nitrogen and oxygen atoms in total. The summed E-state index contributed by atoms with van der Waals surface area (Å²) in [5.74, 6) is 1.35. The predicted molar refractivity (Wildman–Crippen MR) is 139 cm³/mol. The van der Waals surface area contributed by atoms with Gasteiger partial charge in [0.2, 0.25) is 5.95 Å². The van der Waals surface area contributed by atoms with Crippen molar-refractivity contribution in [2.24, 2.45) is 7.05 Å². The van der Waals surface area contributed by atoms with Gasteiger partial charge < -0.3 is 19.5 Å². The maximum absolute atomic E-state index is 14.1. The van der Waals surface area contributed by atoms with Crippen LogP contribution < -0.4 is 10.1 Å². The molecular formula is C28H30FN5O2. The first-order valence-electron chi connectivity index (χ1n) is 12.4. The number of hydrogen-bond acceptors (Lipinski definition) is 6. The van der Waals surface area contributed by atoms with E-state index in [2.05, 4.69) is 27.1 Å². The van der Waals surface area contributed by atoms with Crippen LogP contribution in [0.25, 0.3) is 11.0 Å². The Bertz CT molecular complexity index is 1390. The Balaban J connectivity index is 1.28. The number of aryl methyl sites for hydroxylation is 1. The summed E-state index contributed by atoms with van der Waals surface area (Å²) in [4.78, 5) is 24.1. The number of ether oxygens (including phenoxy) is 1. The Morgan fingerprint density at radius 3 is 2.83 bits per heavy atom. The molecule has 0 spiro atoms. The van der Waals surface area contributed by atoms with Gasteiger partial charge in [-0.25, -0.2) is 9.37 Å². The number of para-hydroxylation sites is 1. The number of likely N-dealkylation sites (tertiary alicyclic amines) is 1. The molecule has 0 radical (unpaired) electrons. The molecular weight excluding hydrogens is 457 g/mol. The number of rotatable bonds is 9. The van der Waals surface area contributed by atoms with E-state index in [1.54, 1.807) is 36.5 Å². The van der Waals surface area contributed by atoms with Crippen LogP contribution in [-0.2, 0) is 7.05 Å². The van der Waals surface area contributed by atoms with Crippen molar-refractivity contribution in [1.82, 2.24) is 19.4 Å². The van der Waals surface area contributed by atoms with Crippen molar-refractivity contribution in [1.29, 1.82) is 0 Å². The second kappa shape index (κ2) is 10.5. The second-order valence-electron chi connectivity index (χ2n) is 9.12. The lowest BCUT2D eigenvalue weighted by molar-refractivity contribution is 0.0962. The normalized spacial score (nSPS) is 15.9. The molecule has 1 saturated heterocycles. The largest absolute Gasteiger partial charge is 0.457 e. The maximum Gasteiger partial charge on any atom is 0.208 e. The number of anilines is 2. The third-order valence-corrected chi connectivity index (χ3v) is 6.84. The van der Waals surface area contributed by atoms with E-state index in [4.69, 9.17) is 4.74 Å². The summed E-state index contributed by atoms with van der Waals surface area (Å²) in [5.41, 5.74) is 2.36. The molecule has 0 amide bonds. The van der Waals surface area contributed by atoms with Crippen LogP contribution in [0.5, 0.6) is 11.5 Å². The Labute approximate surface area is 209 Å². The summed E-state index contributed by atoms with van der Waals surface area (Å²) in [6, 6.07) is 16.0. The number of fused-ring (bicyclic) bond motifs is 1. The molecule has 1 unspecified atom stereocenters. The number of hydrogen-bond donors (Lipinski definition) is 1. The molecule has 1 fully saturated rings. The molecule has 36 heavy (non-hydrogen) atoms. The lowest BCUT2D eigenvalue weighted by atomic mass is 10.0. The zero-order valence-electron chi connectivity index (χ0n) is 20.6. The van der Waals surface area contributed by atoms with E-state index in [0.29, 0.717) is 46.8 Å². The average molecular weight is 488 g/mol. The smallest absolute Gasteiger partial charge is 0.208 e. The van der Waals surface area contributed by atoms with E-state index in [9.17, 15) is 9.18 Å². The fourth-order valence-electron chi connectivity index (χ4n) is 4.87. The highest BCUT2D eigenvalue weighted by Gasteiger charge is 2.24. The molecule has 5 rings (SSSR count). The van der Waals surface area contributed by atoms with E-state index in [-0.39, 0.29) is 11.6 Å². The van der Waals surface area contributed by atoms with Crippen molar-refractivity contribution in [3.05, 3.63) is 72.3 Å². The van der Waals surface area contributed by atoms with Gasteiger partial charge in [0, 0.05) is 37.8 Å². The summed E-state index contributed by atoms with van der Waals surface area (Å²) in [6.07, 6.45) is 5.31. The standard InChI is InChI=1S/C28H30FN5O2/c1-3-34-16-6-7-19(34)10-13-27(35)25-18-21(14-15-30-25)36-20-11-12-26-24(17-20)32-28(33(26)2)31-23-9-5-4-8-22(23)29/h4-5,8-9,11-12,14-15,17-19H,3,6-7,10,13,16H2,1-2H3,(H,31,32). The van der Waals surface area contributed by atoms with Crippen LogP contribution in [0.4, 0.5) is 16.0 Å². The lowest BCUT2D eigenvalue weighted by Crippen LogP contribution is -2.29. The quantitative estimate of drug-likeness (QED) is 0.288. The third-order valence-electron chi connectivity index (χ3n) is 6.84. The van der Waals surface area contributed by atoms with Crippen LogP contribution in [0.2, 0.25) is 0 Å². The Morgan fingerprint density at radius 2 is 2.00 bits per heavy atom. The highest BCUT2D eigenvalue weighted by atomic mass is 19.1. The van der Waals surface area contributed by atoms with Gasteiger partial charge in [0.15, 0.2) is 5.78 Å². The zero-order valence-corrected chi connectivity index (χ0v) is 20.6. The van der Waals surface area contributed by atoms with Crippen molar-refractivity contribution < 1.29 is 13.9 Å². The van der Waals surface area contributed by atoms with Gasteiger partial charge in [0.25, 0.3) is 0 Å². The van der Waals surface area contributed by atoms with Crippen molar-refractivity contribution in [2.45, 2.75) is 38.6 Å². The molecule has 1 atom stereocenters. The van der Waals surface area contributed by atoms with Crippen molar-refractivity contribution in [2.75, 3.05) is 18.4 Å². The van der Waals surface area contributed by atoms with Gasteiger partial charge in [-0.3, -0.25) is 9.78 Å². The number of nitrogens with one attached hydrogen (secondary N) is 1. The first kappa shape index (κ1) is 23.9. The van der Waals surface area contributed by atoms with Crippen LogP contribution in [0.15, 0.2) is 60.8 Å². The van der Waals surface area contributed by atoms with Crippen LogP contribution in [0.3, 0.4) is 0 Å². The number of pyridine rings is 1. The van der Waals surface area contributed by atoms with E-state index < -0.39 is 0 Å².